The third-order valence-electron chi connectivity index (χ3n) is 6.00. The van der Waals surface area contributed by atoms with Crippen LogP contribution < -0.4 is 5.32 Å². The first kappa shape index (κ1) is 21.4. The van der Waals surface area contributed by atoms with Gasteiger partial charge in [0.2, 0.25) is 0 Å². The average Bonchev–Trinajstić information content (AvgIpc) is 2.63. The molecule has 1 atom stereocenters. The summed E-state index contributed by atoms with van der Waals surface area (Å²) in [5.74, 6) is 0. The second-order valence-electron chi connectivity index (χ2n) is 7.65. The third-order valence-corrected chi connectivity index (χ3v) is 10.6. The molecule has 1 aliphatic heterocycles. The van der Waals surface area contributed by atoms with Crippen LogP contribution in [0, 0.1) is 0 Å². The molecule has 5 heteroatoms. The summed E-state index contributed by atoms with van der Waals surface area (Å²) in [6.07, 6.45) is 12.7. The molecule has 25 heavy (non-hydrogen) atoms. The van der Waals surface area contributed by atoms with Gasteiger partial charge in [-0.2, -0.15) is 0 Å². The first-order valence-corrected chi connectivity index (χ1v) is 12.9. The molecule has 1 N–H and O–H groups in total. The van der Waals surface area contributed by atoms with Gasteiger partial charge in [0.15, 0.2) is 0 Å². The molecule has 4 nitrogen and oxygen atoms in total. The summed E-state index contributed by atoms with van der Waals surface area (Å²) in [5, 5.41) is 3.64. The number of rotatable bonds is 11. The Morgan fingerprint density at radius 3 is 2.28 bits per heavy atom. The van der Waals surface area contributed by atoms with Gasteiger partial charge in [-0.15, -0.1) is 0 Å². The second-order valence-corrected chi connectivity index (χ2v) is 11.1. The molecule has 1 unspecified atom stereocenters. The Morgan fingerprint density at radius 2 is 1.64 bits per heavy atom. The van der Waals surface area contributed by atoms with E-state index in [1.54, 1.807) is 0 Å². The summed E-state index contributed by atoms with van der Waals surface area (Å²) in [6, 6.07) is 1.83. The van der Waals surface area contributed by atoms with E-state index in [1.165, 1.54) is 44.9 Å². The van der Waals surface area contributed by atoms with Crippen molar-refractivity contribution in [3.63, 3.8) is 0 Å². The topological polar surface area (TPSA) is 39.7 Å². The summed E-state index contributed by atoms with van der Waals surface area (Å²) in [5.41, 5.74) is 0. The molecule has 1 heterocycles. The predicted molar refractivity (Wildman–Crippen MR) is 106 cm³/mol. The van der Waals surface area contributed by atoms with Crippen molar-refractivity contribution >= 4 is 8.56 Å². The molecule has 0 aromatic rings. The smallest absolute Gasteiger partial charge is 0.371 e. The summed E-state index contributed by atoms with van der Waals surface area (Å²) < 4.78 is 19.3. The Bertz CT molecular complexity index is 347. The molecule has 0 aromatic carbocycles. The number of nitrogens with one attached hydrogen (secondary N) is 1. The fourth-order valence-corrected chi connectivity index (χ4v) is 9.42. The average molecular weight is 372 g/mol. The largest absolute Gasteiger partial charge is 0.393 e. The summed E-state index contributed by atoms with van der Waals surface area (Å²) in [7, 11) is -2.32. The first-order chi connectivity index (χ1) is 12.2. The molecular formula is C20H41NO3Si. The van der Waals surface area contributed by atoms with E-state index in [1.807, 2.05) is 0 Å². The highest BCUT2D eigenvalue weighted by atomic mass is 28.4. The van der Waals surface area contributed by atoms with Crippen LogP contribution >= 0.6 is 0 Å². The van der Waals surface area contributed by atoms with E-state index < -0.39 is 8.56 Å². The van der Waals surface area contributed by atoms with Crippen molar-refractivity contribution in [2.75, 3.05) is 26.4 Å². The van der Waals surface area contributed by atoms with Crippen molar-refractivity contribution < 1.29 is 13.6 Å². The maximum Gasteiger partial charge on any atom is 0.371 e. The minimum atomic E-state index is -2.32. The number of hydrogen-bond donors (Lipinski definition) is 1. The van der Waals surface area contributed by atoms with Gasteiger partial charge >= 0.3 is 8.56 Å². The van der Waals surface area contributed by atoms with Crippen LogP contribution in [0.15, 0.2) is 0 Å². The van der Waals surface area contributed by atoms with Crippen LogP contribution in [-0.2, 0) is 13.6 Å². The molecule has 0 aromatic heterocycles. The SMILES string of the molecule is CCOC1(CCCNC2CCCCC2)CCCC[Si]1(OCC)OCC. The molecule has 2 rings (SSSR count). The quantitative estimate of drug-likeness (QED) is 0.422. The van der Waals surface area contributed by atoms with Crippen molar-refractivity contribution in [2.45, 2.75) is 102 Å². The van der Waals surface area contributed by atoms with Crippen molar-refractivity contribution in [2.24, 2.45) is 0 Å². The minimum absolute atomic E-state index is 0.153. The molecule has 0 bridgehead atoms. The van der Waals surface area contributed by atoms with Crippen LogP contribution in [0.25, 0.3) is 0 Å². The van der Waals surface area contributed by atoms with Crippen LogP contribution in [0.2, 0.25) is 6.04 Å². The summed E-state index contributed by atoms with van der Waals surface area (Å²) in [4.78, 5) is 0. The molecule has 1 aliphatic carbocycles. The number of hydrogen-bond acceptors (Lipinski definition) is 4. The van der Waals surface area contributed by atoms with Gasteiger partial charge in [0.05, 0.1) is 0 Å². The Balaban J connectivity index is 1.97. The van der Waals surface area contributed by atoms with Gasteiger partial charge in [0.1, 0.15) is 5.22 Å². The van der Waals surface area contributed by atoms with E-state index in [9.17, 15) is 0 Å². The lowest BCUT2D eigenvalue weighted by molar-refractivity contribution is -0.0465. The molecule has 1 saturated carbocycles. The highest BCUT2D eigenvalue weighted by molar-refractivity contribution is 6.70. The fourth-order valence-electron chi connectivity index (χ4n) is 4.93. The Kier molecular flexibility index (Phi) is 9.42. The lowest BCUT2D eigenvalue weighted by Gasteiger charge is -2.49. The Labute approximate surface area is 156 Å². The molecular weight excluding hydrogens is 330 g/mol. The molecule has 0 spiro atoms. The highest BCUT2D eigenvalue weighted by Gasteiger charge is 2.59. The molecule has 148 valence electrons. The molecule has 2 fully saturated rings. The van der Waals surface area contributed by atoms with Crippen molar-refractivity contribution in [1.82, 2.24) is 5.32 Å². The minimum Gasteiger partial charge on any atom is -0.393 e. The van der Waals surface area contributed by atoms with Gasteiger partial charge in [0, 0.05) is 25.9 Å². The van der Waals surface area contributed by atoms with Gasteiger partial charge < -0.3 is 18.9 Å². The number of ether oxygens (including phenoxy) is 1. The van der Waals surface area contributed by atoms with Crippen molar-refractivity contribution in [3.05, 3.63) is 0 Å². The monoisotopic (exact) mass is 371 g/mol. The molecule has 0 radical (unpaired) electrons. The summed E-state index contributed by atoms with van der Waals surface area (Å²) >= 11 is 0. The Hall–Kier alpha value is 0.0569. The van der Waals surface area contributed by atoms with Gasteiger partial charge in [0.25, 0.3) is 0 Å². The normalized spacial score (nSPS) is 27.5. The van der Waals surface area contributed by atoms with Crippen LogP contribution in [0.3, 0.4) is 0 Å². The second kappa shape index (κ2) is 11.0. The first-order valence-electron chi connectivity index (χ1n) is 10.9. The van der Waals surface area contributed by atoms with Gasteiger partial charge in [-0.1, -0.05) is 32.1 Å². The predicted octanol–water partition coefficient (Wildman–Crippen LogP) is 4.70. The standard InChI is InChI=1S/C20H41NO3Si/c1-4-22-20(16-12-17-21-19-13-8-7-9-14-19)15-10-11-18-25(20,23-5-2)24-6-3/h19,21H,4-18H2,1-3H3. The highest BCUT2D eigenvalue weighted by Crippen LogP contribution is 2.43. The zero-order valence-corrected chi connectivity index (χ0v) is 17.9. The fraction of sp³-hybridized carbons (Fsp3) is 1.00. The van der Waals surface area contributed by atoms with Crippen molar-refractivity contribution in [3.8, 4) is 0 Å². The van der Waals surface area contributed by atoms with Crippen LogP contribution in [0.1, 0.15) is 85.0 Å². The zero-order valence-electron chi connectivity index (χ0n) is 16.9. The summed E-state index contributed by atoms with van der Waals surface area (Å²) in [6.45, 7) is 9.65. The zero-order chi connectivity index (χ0) is 18.0. The van der Waals surface area contributed by atoms with Crippen molar-refractivity contribution in [1.29, 1.82) is 0 Å². The van der Waals surface area contributed by atoms with E-state index in [0.717, 1.165) is 57.7 Å². The van der Waals surface area contributed by atoms with E-state index in [-0.39, 0.29) is 5.22 Å². The lowest BCUT2D eigenvalue weighted by atomic mass is 9.95. The maximum atomic E-state index is 6.47. The van der Waals surface area contributed by atoms with E-state index in [4.69, 9.17) is 13.6 Å². The lowest BCUT2D eigenvalue weighted by Crippen LogP contribution is -2.66. The van der Waals surface area contributed by atoms with E-state index >= 15 is 0 Å². The van der Waals surface area contributed by atoms with Crippen LogP contribution in [-0.4, -0.2) is 46.2 Å². The van der Waals surface area contributed by atoms with Gasteiger partial charge in [-0.05, 0) is 65.5 Å². The maximum absolute atomic E-state index is 6.47. The molecule has 2 aliphatic rings. The van der Waals surface area contributed by atoms with Crippen LogP contribution in [0.5, 0.6) is 0 Å². The van der Waals surface area contributed by atoms with E-state index in [2.05, 4.69) is 26.1 Å². The van der Waals surface area contributed by atoms with Gasteiger partial charge in [-0.25, -0.2) is 0 Å². The third kappa shape index (κ3) is 5.52. The van der Waals surface area contributed by atoms with Crippen LogP contribution in [0.4, 0.5) is 0 Å². The Morgan fingerprint density at radius 1 is 0.920 bits per heavy atom. The van der Waals surface area contributed by atoms with E-state index in [0.29, 0.717) is 0 Å². The van der Waals surface area contributed by atoms with Gasteiger partial charge in [-0.3, -0.25) is 0 Å². The molecule has 1 saturated heterocycles. The molecule has 0 amide bonds.